The standard InChI is InChI=1S/C15H19N3O/c1-19-13-5-2-11(3-6-13)8-9-18-12-4-7-14(16)15(17)10-12/h2-7,10,18H,8-9,16-17H2,1H3. The third-order valence-electron chi connectivity index (χ3n) is 2.99. The van der Waals surface area contributed by atoms with Gasteiger partial charge in [-0.3, -0.25) is 0 Å². The fraction of sp³-hybridized carbons (Fsp3) is 0.200. The zero-order valence-electron chi connectivity index (χ0n) is 11.0. The van der Waals surface area contributed by atoms with Crippen molar-refractivity contribution >= 4 is 17.1 Å². The molecule has 5 N–H and O–H groups in total. The summed E-state index contributed by atoms with van der Waals surface area (Å²) in [5, 5.41) is 3.32. The molecule has 0 radical (unpaired) electrons. The van der Waals surface area contributed by atoms with Crippen molar-refractivity contribution in [1.82, 2.24) is 0 Å². The Kier molecular flexibility index (Phi) is 4.13. The van der Waals surface area contributed by atoms with E-state index in [0.29, 0.717) is 11.4 Å². The number of hydrogen-bond donors (Lipinski definition) is 3. The molecule has 0 atom stereocenters. The van der Waals surface area contributed by atoms with E-state index in [-0.39, 0.29) is 0 Å². The van der Waals surface area contributed by atoms with Crippen LogP contribution >= 0.6 is 0 Å². The second-order valence-corrected chi connectivity index (χ2v) is 4.37. The van der Waals surface area contributed by atoms with Crippen LogP contribution < -0.4 is 21.5 Å². The molecule has 19 heavy (non-hydrogen) atoms. The van der Waals surface area contributed by atoms with Crippen LogP contribution in [0, 0.1) is 0 Å². The van der Waals surface area contributed by atoms with Crippen molar-refractivity contribution in [1.29, 1.82) is 0 Å². The topological polar surface area (TPSA) is 73.3 Å². The van der Waals surface area contributed by atoms with Crippen molar-refractivity contribution < 1.29 is 4.74 Å². The van der Waals surface area contributed by atoms with Crippen LogP contribution in [0.15, 0.2) is 42.5 Å². The predicted molar refractivity (Wildman–Crippen MR) is 80.5 cm³/mol. The molecule has 4 heteroatoms. The van der Waals surface area contributed by atoms with E-state index in [4.69, 9.17) is 16.2 Å². The van der Waals surface area contributed by atoms with E-state index in [2.05, 4.69) is 17.4 Å². The van der Waals surface area contributed by atoms with Gasteiger partial charge in [-0.25, -0.2) is 0 Å². The third-order valence-corrected chi connectivity index (χ3v) is 2.99. The third kappa shape index (κ3) is 3.55. The Morgan fingerprint density at radius 3 is 2.37 bits per heavy atom. The number of hydrogen-bond acceptors (Lipinski definition) is 4. The second kappa shape index (κ2) is 6.00. The highest BCUT2D eigenvalue weighted by Gasteiger charge is 1.98. The lowest BCUT2D eigenvalue weighted by Gasteiger charge is -2.09. The van der Waals surface area contributed by atoms with E-state index < -0.39 is 0 Å². The molecule has 0 aromatic heterocycles. The van der Waals surface area contributed by atoms with E-state index >= 15 is 0 Å². The number of methoxy groups -OCH3 is 1. The van der Waals surface area contributed by atoms with Crippen molar-refractivity contribution in [2.24, 2.45) is 0 Å². The van der Waals surface area contributed by atoms with E-state index in [0.717, 1.165) is 24.4 Å². The van der Waals surface area contributed by atoms with Crippen LogP contribution in [-0.2, 0) is 6.42 Å². The Morgan fingerprint density at radius 1 is 1.00 bits per heavy atom. The summed E-state index contributed by atoms with van der Waals surface area (Å²) in [6.45, 7) is 0.843. The molecule has 2 rings (SSSR count). The lowest BCUT2D eigenvalue weighted by molar-refractivity contribution is 0.414. The van der Waals surface area contributed by atoms with Gasteiger partial charge in [-0.15, -0.1) is 0 Å². The number of nitrogens with two attached hydrogens (primary N) is 2. The summed E-state index contributed by atoms with van der Waals surface area (Å²) in [5.41, 5.74) is 14.9. The van der Waals surface area contributed by atoms with Crippen LogP contribution in [0.5, 0.6) is 5.75 Å². The minimum Gasteiger partial charge on any atom is -0.497 e. The summed E-state index contributed by atoms with van der Waals surface area (Å²) in [6, 6.07) is 13.7. The summed E-state index contributed by atoms with van der Waals surface area (Å²) < 4.78 is 5.13. The van der Waals surface area contributed by atoms with E-state index in [1.165, 1.54) is 5.56 Å². The molecule has 0 spiro atoms. The molecule has 0 aliphatic heterocycles. The number of ether oxygens (including phenoxy) is 1. The minimum atomic E-state index is 0.606. The first-order valence-electron chi connectivity index (χ1n) is 6.21. The Balaban J connectivity index is 1.86. The number of benzene rings is 2. The van der Waals surface area contributed by atoms with E-state index in [1.807, 2.05) is 30.3 Å². The molecule has 2 aromatic carbocycles. The van der Waals surface area contributed by atoms with Crippen molar-refractivity contribution in [3.63, 3.8) is 0 Å². The first-order chi connectivity index (χ1) is 9.19. The lowest BCUT2D eigenvalue weighted by atomic mass is 10.1. The summed E-state index contributed by atoms with van der Waals surface area (Å²) in [4.78, 5) is 0. The maximum absolute atomic E-state index is 5.76. The number of nitrogens with one attached hydrogen (secondary N) is 1. The van der Waals surface area contributed by atoms with Crippen molar-refractivity contribution in [3.8, 4) is 5.75 Å². The fourth-order valence-corrected chi connectivity index (χ4v) is 1.83. The highest BCUT2D eigenvalue weighted by atomic mass is 16.5. The van der Waals surface area contributed by atoms with Gasteiger partial charge in [0.2, 0.25) is 0 Å². The van der Waals surface area contributed by atoms with Gasteiger partial charge in [-0.2, -0.15) is 0 Å². The van der Waals surface area contributed by atoms with Crippen LogP contribution in [0.3, 0.4) is 0 Å². The van der Waals surface area contributed by atoms with Crippen LogP contribution in [0.1, 0.15) is 5.56 Å². The van der Waals surface area contributed by atoms with Crippen molar-refractivity contribution in [2.45, 2.75) is 6.42 Å². The van der Waals surface area contributed by atoms with Gasteiger partial charge in [0.25, 0.3) is 0 Å². The van der Waals surface area contributed by atoms with E-state index in [1.54, 1.807) is 7.11 Å². The normalized spacial score (nSPS) is 10.2. The molecule has 0 heterocycles. The minimum absolute atomic E-state index is 0.606. The summed E-state index contributed by atoms with van der Waals surface area (Å²) in [7, 11) is 1.67. The molecular formula is C15H19N3O. The average Bonchev–Trinajstić information content (AvgIpc) is 2.43. The van der Waals surface area contributed by atoms with Gasteiger partial charge in [0.1, 0.15) is 5.75 Å². The van der Waals surface area contributed by atoms with Gasteiger partial charge < -0.3 is 21.5 Å². The van der Waals surface area contributed by atoms with Crippen molar-refractivity contribution in [2.75, 3.05) is 30.4 Å². The van der Waals surface area contributed by atoms with Crippen LogP contribution in [-0.4, -0.2) is 13.7 Å². The first kappa shape index (κ1) is 13.1. The Labute approximate surface area is 113 Å². The van der Waals surface area contributed by atoms with Gasteiger partial charge >= 0.3 is 0 Å². The monoisotopic (exact) mass is 257 g/mol. The molecule has 0 aliphatic carbocycles. The zero-order valence-corrected chi connectivity index (χ0v) is 11.0. The zero-order chi connectivity index (χ0) is 13.7. The summed E-state index contributed by atoms with van der Waals surface area (Å²) >= 11 is 0. The smallest absolute Gasteiger partial charge is 0.118 e. The summed E-state index contributed by atoms with van der Waals surface area (Å²) in [5.74, 6) is 0.878. The largest absolute Gasteiger partial charge is 0.497 e. The van der Waals surface area contributed by atoms with E-state index in [9.17, 15) is 0 Å². The lowest BCUT2D eigenvalue weighted by Crippen LogP contribution is -2.05. The average molecular weight is 257 g/mol. The van der Waals surface area contributed by atoms with Gasteiger partial charge in [-0.05, 0) is 42.3 Å². The van der Waals surface area contributed by atoms with Crippen molar-refractivity contribution in [3.05, 3.63) is 48.0 Å². The Bertz CT molecular complexity index is 538. The first-order valence-corrected chi connectivity index (χ1v) is 6.21. The fourth-order valence-electron chi connectivity index (χ4n) is 1.83. The molecular weight excluding hydrogens is 238 g/mol. The molecule has 0 aliphatic rings. The molecule has 4 nitrogen and oxygen atoms in total. The highest BCUT2D eigenvalue weighted by Crippen LogP contribution is 2.19. The van der Waals surface area contributed by atoms with Gasteiger partial charge in [0.15, 0.2) is 0 Å². The van der Waals surface area contributed by atoms with Gasteiger partial charge in [-0.1, -0.05) is 12.1 Å². The Morgan fingerprint density at radius 2 is 1.74 bits per heavy atom. The highest BCUT2D eigenvalue weighted by molar-refractivity contribution is 5.69. The molecule has 0 unspecified atom stereocenters. The maximum atomic E-state index is 5.76. The molecule has 2 aromatic rings. The molecule has 0 fully saturated rings. The van der Waals surface area contributed by atoms with Crippen LogP contribution in [0.4, 0.5) is 17.1 Å². The van der Waals surface area contributed by atoms with Gasteiger partial charge in [0.05, 0.1) is 18.5 Å². The Hall–Kier alpha value is -2.36. The summed E-state index contributed by atoms with van der Waals surface area (Å²) in [6.07, 6.45) is 0.939. The number of rotatable bonds is 5. The quantitative estimate of drug-likeness (QED) is 0.720. The second-order valence-electron chi connectivity index (χ2n) is 4.37. The molecule has 100 valence electrons. The molecule has 0 saturated carbocycles. The molecule has 0 amide bonds. The molecule has 0 saturated heterocycles. The number of anilines is 3. The van der Waals surface area contributed by atoms with Crippen LogP contribution in [0.2, 0.25) is 0 Å². The predicted octanol–water partition coefficient (Wildman–Crippen LogP) is 2.51. The van der Waals surface area contributed by atoms with Crippen LogP contribution in [0.25, 0.3) is 0 Å². The SMILES string of the molecule is COc1ccc(CCNc2ccc(N)c(N)c2)cc1. The number of nitrogen functional groups attached to an aromatic ring is 2. The van der Waals surface area contributed by atoms with Gasteiger partial charge in [0, 0.05) is 12.2 Å². The maximum Gasteiger partial charge on any atom is 0.118 e. The molecule has 0 bridgehead atoms.